The summed E-state index contributed by atoms with van der Waals surface area (Å²) in [6.07, 6.45) is 0. The third-order valence-corrected chi connectivity index (χ3v) is 3.47. The van der Waals surface area contributed by atoms with Crippen LogP contribution in [0.2, 0.25) is 0 Å². The van der Waals surface area contributed by atoms with Crippen LogP contribution in [0.3, 0.4) is 0 Å². The predicted molar refractivity (Wildman–Crippen MR) is 58.6 cm³/mol. The van der Waals surface area contributed by atoms with Gasteiger partial charge in [-0.3, -0.25) is 0 Å². The zero-order valence-corrected chi connectivity index (χ0v) is 9.02. The lowest BCUT2D eigenvalue weighted by atomic mass is 10.3. The Labute approximate surface area is 86.8 Å². The Morgan fingerprint density at radius 2 is 2.00 bits per heavy atom. The predicted octanol–water partition coefficient (Wildman–Crippen LogP) is 2.03. The fraction of sp³-hybridized carbons (Fsp3) is 0.333. The molecule has 13 heavy (non-hydrogen) atoms. The summed E-state index contributed by atoms with van der Waals surface area (Å²) in [7, 11) is 1.80. The average Bonchev–Trinajstić information content (AvgIpc) is 2.18. The van der Waals surface area contributed by atoms with Crippen molar-refractivity contribution < 1.29 is 4.55 Å². The Morgan fingerprint density at radius 1 is 1.38 bits per heavy atom. The van der Waals surface area contributed by atoms with Gasteiger partial charge in [0.25, 0.3) is 0 Å². The minimum Gasteiger partial charge on any atom is -0.593 e. The van der Waals surface area contributed by atoms with Gasteiger partial charge >= 0.3 is 0 Å². The summed E-state index contributed by atoms with van der Waals surface area (Å²) >= 11 is 4.49. The molecule has 0 aliphatic carbocycles. The molecule has 0 fully saturated rings. The third kappa shape index (κ3) is 3.10. The number of para-hydroxylation sites is 1. The van der Waals surface area contributed by atoms with Crippen molar-refractivity contribution in [2.45, 2.75) is 0 Å². The van der Waals surface area contributed by atoms with E-state index in [1.54, 1.807) is 11.4 Å². The van der Waals surface area contributed by atoms with Crippen molar-refractivity contribution in [3.8, 4) is 0 Å². The molecule has 1 aromatic rings. The SMILES string of the molecule is CN(c1ccccc1)[S+]([O-])CCCl. The zero-order chi connectivity index (χ0) is 9.68. The van der Waals surface area contributed by atoms with Crippen LogP contribution in [0.25, 0.3) is 0 Å². The second-order valence-electron chi connectivity index (χ2n) is 2.55. The van der Waals surface area contributed by atoms with Gasteiger partial charge < -0.3 is 4.55 Å². The van der Waals surface area contributed by atoms with Crippen molar-refractivity contribution in [3.63, 3.8) is 0 Å². The van der Waals surface area contributed by atoms with E-state index in [1.807, 2.05) is 30.3 Å². The Balaban J connectivity index is 2.62. The number of nitrogens with zero attached hydrogens (tertiary/aromatic N) is 1. The first-order chi connectivity index (χ1) is 6.25. The van der Waals surface area contributed by atoms with E-state index in [0.29, 0.717) is 11.6 Å². The monoisotopic (exact) mass is 217 g/mol. The summed E-state index contributed by atoms with van der Waals surface area (Å²) in [5, 5.41) is 0. The van der Waals surface area contributed by atoms with Crippen molar-refractivity contribution in [1.82, 2.24) is 0 Å². The number of halogens is 1. The highest BCUT2D eigenvalue weighted by molar-refractivity contribution is 7.92. The van der Waals surface area contributed by atoms with Crippen LogP contribution in [-0.2, 0) is 11.4 Å². The molecule has 1 aromatic carbocycles. The average molecular weight is 218 g/mol. The maximum atomic E-state index is 11.5. The lowest BCUT2D eigenvalue weighted by Gasteiger charge is -2.21. The molecule has 1 unspecified atom stereocenters. The number of hydrogen-bond acceptors (Lipinski definition) is 2. The lowest BCUT2D eigenvalue weighted by Crippen LogP contribution is -2.29. The normalized spacial score (nSPS) is 12.5. The second-order valence-corrected chi connectivity index (χ2v) is 4.52. The van der Waals surface area contributed by atoms with Crippen molar-refractivity contribution in [1.29, 1.82) is 0 Å². The van der Waals surface area contributed by atoms with E-state index in [9.17, 15) is 4.55 Å². The molecule has 0 aliphatic rings. The van der Waals surface area contributed by atoms with Gasteiger partial charge in [0.1, 0.15) is 5.75 Å². The Hall–Kier alpha value is -0.380. The Kier molecular flexibility index (Phi) is 4.42. The molecule has 1 atom stereocenters. The minimum atomic E-state index is -1.01. The third-order valence-electron chi connectivity index (χ3n) is 1.68. The molecule has 0 radical (unpaired) electrons. The molecule has 0 aromatic heterocycles. The Bertz CT molecular complexity index is 245. The zero-order valence-electron chi connectivity index (χ0n) is 7.44. The highest BCUT2D eigenvalue weighted by Crippen LogP contribution is 2.15. The first-order valence-corrected chi connectivity index (χ1v) is 5.80. The van der Waals surface area contributed by atoms with Gasteiger partial charge in [0, 0.05) is 0 Å². The standard InChI is InChI=1S/C9H12ClNOS/c1-11(13(12)8-7-10)9-5-3-2-4-6-9/h2-6H,7-8H2,1H3. The molecular weight excluding hydrogens is 206 g/mol. The van der Waals surface area contributed by atoms with E-state index in [2.05, 4.69) is 0 Å². The van der Waals surface area contributed by atoms with E-state index >= 15 is 0 Å². The van der Waals surface area contributed by atoms with Gasteiger partial charge in [-0.25, -0.2) is 0 Å². The molecule has 4 heteroatoms. The molecular formula is C9H12ClNOS. The maximum absolute atomic E-state index is 11.5. The van der Waals surface area contributed by atoms with Gasteiger partial charge in [0.05, 0.1) is 30.0 Å². The van der Waals surface area contributed by atoms with Crippen LogP contribution in [0.4, 0.5) is 5.69 Å². The first-order valence-electron chi connectivity index (χ1n) is 3.99. The molecule has 0 N–H and O–H groups in total. The first kappa shape index (κ1) is 10.7. The van der Waals surface area contributed by atoms with Crippen LogP contribution in [0.5, 0.6) is 0 Å². The van der Waals surface area contributed by atoms with Crippen molar-refractivity contribution in [2.75, 3.05) is 23.0 Å². The second kappa shape index (κ2) is 5.37. The summed E-state index contributed by atoms with van der Waals surface area (Å²) in [4.78, 5) is 0. The van der Waals surface area contributed by atoms with Crippen LogP contribution in [0.15, 0.2) is 30.3 Å². The van der Waals surface area contributed by atoms with Crippen LogP contribution in [0.1, 0.15) is 0 Å². The van der Waals surface area contributed by atoms with Crippen LogP contribution in [0, 0.1) is 0 Å². The quantitative estimate of drug-likeness (QED) is 0.570. The molecule has 2 nitrogen and oxygen atoms in total. The lowest BCUT2D eigenvalue weighted by molar-refractivity contribution is 0.595. The largest absolute Gasteiger partial charge is 0.593 e. The Morgan fingerprint density at radius 3 is 2.54 bits per heavy atom. The van der Waals surface area contributed by atoms with E-state index in [4.69, 9.17) is 11.6 Å². The van der Waals surface area contributed by atoms with Gasteiger partial charge in [0.2, 0.25) is 0 Å². The van der Waals surface area contributed by atoms with E-state index < -0.39 is 11.4 Å². The van der Waals surface area contributed by atoms with Gasteiger partial charge in [-0.1, -0.05) is 18.2 Å². The summed E-state index contributed by atoms with van der Waals surface area (Å²) in [6, 6.07) is 9.62. The number of benzene rings is 1. The fourth-order valence-corrected chi connectivity index (χ4v) is 2.12. The van der Waals surface area contributed by atoms with Crippen molar-refractivity contribution >= 4 is 28.7 Å². The molecule has 0 spiro atoms. The highest BCUT2D eigenvalue weighted by Gasteiger charge is 2.13. The van der Waals surface area contributed by atoms with Crippen molar-refractivity contribution in [2.24, 2.45) is 0 Å². The van der Waals surface area contributed by atoms with Gasteiger partial charge in [-0.15, -0.1) is 11.6 Å². The minimum absolute atomic E-state index is 0.420. The molecule has 0 amide bonds. The van der Waals surface area contributed by atoms with Gasteiger partial charge in [-0.05, 0) is 12.1 Å². The molecule has 0 saturated heterocycles. The van der Waals surface area contributed by atoms with Crippen LogP contribution in [-0.4, -0.2) is 23.2 Å². The molecule has 0 aliphatic heterocycles. The summed E-state index contributed by atoms with van der Waals surface area (Å²) in [5.41, 5.74) is 0.950. The van der Waals surface area contributed by atoms with Crippen molar-refractivity contribution in [3.05, 3.63) is 30.3 Å². The molecule has 0 bridgehead atoms. The summed E-state index contributed by atoms with van der Waals surface area (Å²) in [6.45, 7) is 0. The molecule has 0 saturated carbocycles. The number of anilines is 1. The van der Waals surface area contributed by atoms with E-state index in [0.717, 1.165) is 5.69 Å². The highest BCUT2D eigenvalue weighted by atomic mass is 35.5. The van der Waals surface area contributed by atoms with Crippen LogP contribution >= 0.6 is 11.6 Å². The van der Waals surface area contributed by atoms with E-state index in [-0.39, 0.29) is 0 Å². The molecule has 1 rings (SSSR count). The van der Waals surface area contributed by atoms with E-state index in [1.165, 1.54) is 0 Å². The summed E-state index contributed by atoms with van der Waals surface area (Å²) in [5.74, 6) is 0.913. The topological polar surface area (TPSA) is 26.3 Å². The molecule has 72 valence electrons. The number of hydrogen-bond donors (Lipinski definition) is 0. The number of alkyl halides is 1. The smallest absolute Gasteiger partial charge is 0.144 e. The summed E-state index contributed by atoms with van der Waals surface area (Å²) < 4.78 is 13.2. The number of rotatable bonds is 4. The van der Waals surface area contributed by atoms with Gasteiger partial charge in [-0.2, -0.15) is 4.31 Å². The van der Waals surface area contributed by atoms with Crippen LogP contribution < -0.4 is 4.31 Å². The maximum Gasteiger partial charge on any atom is 0.144 e. The fourth-order valence-electron chi connectivity index (χ4n) is 0.958. The van der Waals surface area contributed by atoms with Gasteiger partial charge in [0.15, 0.2) is 0 Å². The molecule has 0 heterocycles.